The van der Waals surface area contributed by atoms with Gasteiger partial charge in [-0.05, 0) is 37.1 Å². The molecule has 1 aromatic carbocycles. The molecule has 142 valence electrons. The van der Waals surface area contributed by atoms with Gasteiger partial charge in [-0.25, -0.2) is 0 Å². The second-order valence-corrected chi connectivity index (χ2v) is 8.01. The summed E-state index contributed by atoms with van der Waals surface area (Å²) >= 11 is 8.39. The molecule has 4 rings (SSSR count). The van der Waals surface area contributed by atoms with Crippen molar-refractivity contribution < 1.29 is 9.84 Å². The van der Waals surface area contributed by atoms with Crippen LogP contribution < -0.4 is 4.74 Å². The van der Waals surface area contributed by atoms with E-state index in [-0.39, 0.29) is 17.8 Å². The molecule has 1 fully saturated rings. The van der Waals surface area contributed by atoms with Crippen LogP contribution in [0.1, 0.15) is 43.6 Å². The number of phenols is 1. The highest BCUT2D eigenvalue weighted by atomic mass is 35.5. The van der Waals surface area contributed by atoms with E-state index in [1.54, 1.807) is 24.0 Å². The molecule has 3 atom stereocenters. The van der Waals surface area contributed by atoms with Crippen LogP contribution in [0.25, 0.3) is 0 Å². The average Bonchev–Trinajstić information content (AvgIpc) is 3.24. The van der Waals surface area contributed by atoms with E-state index in [4.69, 9.17) is 21.3 Å². The Bertz CT molecular complexity index is 862. The third kappa shape index (κ3) is 3.25. The summed E-state index contributed by atoms with van der Waals surface area (Å²) in [4.78, 5) is 11.9. The minimum Gasteiger partial charge on any atom is -0.504 e. The molecule has 0 spiro atoms. The number of thioether (sulfide) groups is 1. The molecule has 1 saturated heterocycles. The van der Waals surface area contributed by atoms with Crippen molar-refractivity contribution >= 4 is 28.5 Å². The van der Waals surface area contributed by atoms with E-state index in [2.05, 4.69) is 16.8 Å². The Hall–Kier alpha value is -1.92. The van der Waals surface area contributed by atoms with Gasteiger partial charge >= 0.3 is 0 Å². The quantitative estimate of drug-likeness (QED) is 0.775. The molecule has 0 unspecified atom stereocenters. The van der Waals surface area contributed by atoms with Crippen LogP contribution in [0.15, 0.2) is 41.5 Å². The number of nitrogens with zero attached hydrogens (tertiary/aromatic N) is 3. The fraction of sp³-hybridized carbons (Fsp3) is 0.400. The predicted octanol–water partition coefficient (Wildman–Crippen LogP) is 4.82. The number of halogens is 1. The maximum Gasteiger partial charge on any atom is 0.161 e. The van der Waals surface area contributed by atoms with Crippen LogP contribution in [0.5, 0.6) is 11.5 Å². The lowest BCUT2D eigenvalue weighted by atomic mass is 9.94. The first-order valence-electron chi connectivity index (χ1n) is 9.19. The number of ether oxygens (including phenoxy) is 1. The van der Waals surface area contributed by atoms with E-state index in [1.165, 1.54) is 0 Å². The van der Waals surface area contributed by atoms with E-state index in [0.717, 1.165) is 28.6 Å². The summed E-state index contributed by atoms with van der Waals surface area (Å²) < 4.78 is 5.61. The number of fused-ring (bicyclic) bond motifs is 1. The van der Waals surface area contributed by atoms with Crippen LogP contribution in [0.2, 0.25) is 5.02 Å². The van der Waals surface area contributed by atoms with Crippen molar-refractivity contribution in [3.63, 3.8) is 0 Å². The van der Waals surface area contributed by atoms with Gasteiger partial charge in [0.2, 0.25) is 0 Å². The second-order valence-electron chi connectivity index (χ2n) is 6.61. The van der Waals surface area contributed by atoms with Gasteiger partial charge in [0.05, 0.1) is 18.3 Å². The third-order valence-electron chi connectivity index (χ3n) is 5.03. The first-order chi connectivity index (χ1) is 13.1. The summed E-state index contributed by atoms with van der Waals surface area (Å²) in [7, 11) is 0. The number of pyridine rings is 1. The molecule has 0 bridgehead atoms. The fourth-order valence-corrected chi connectivity index (χ4v) is 5.35. The van der Waals surface area contributed by atoms with Gasteiger partial charge < -0.3 is 14.7 Å². The number of aromatic hydroxyl groups is 1. The highest BCUT2D eigenvalue weighted by molar-refractivity contribution is 8.14. The molecule has 0 radical (unpaired) electrons. The lowest BCUT2D eigenvalue weighted by Gasteiger charge is -2.32. The van der Waals surface area contributed by atoms with Gasteiger partial charge in [0.15, 0.2) is 16.7 Å². The summed E-state index contributed by atoms with van der Waals surface area (Å²) in [5, 5.41) is 11.8. The molecule has 5 nitrogen and oxygen atoms in total. The molecule has 1 N–H and O–H groups in total. The SMILES string of the molecule is CCOc1cc([C@@H]2[C@@H](c3ccccn3)N=C3SC[C@@H](CC)N32)c(Cl)cc1O. The van der Waals surface area contributed by atoms with E-state index in [0.29, 0.717) is 23.4 Å². The molecule has 1 aromatic heterocycles. The van der Waals surface area contributed by atoms with Crippen molar-refractivity contribution in [1.82, 2.24) is 9.88 Å². The van der Waals surface area contributed by atoms with Gasteiger partial charge in [-0.1, -0.05) is 36.4 Å². The molecule has 7 heteroatoms. The lowest BCUT2D eigenvalue weighted by molar-refractivity contribution is 0.253. The number of hydrogen-bond acceptors (Lipinski definition) is 6. The summed E-state index contributed by atoms with van der Waals surface area (Å²) in [6, 6.07) is 9.52. The highest BCUT2D eigenvalue weighted by Crippen LogP contribution is 2.51. The molecule has 3 heterocycles. The van der Waals surface area contributed by atoms with Gasteiger partial charge in [0.1, 0.15) is 6.04 Å². The van der Waals surface area contributed by atoms with Crippen molar-refractivity contribution in [2.45, 2.75) is 38.4 Å². The molecule has 0 amide bonds. The molecular weight excluding hydrogens is 382 g/mol. The van der Waals surface area contributed by atoms with E-state index >= 15 is 0 Å². The molecule has 2 aliphatic heterocycles. The Morgan fingerprint density at radius 3 is 2.89 bits per heavy atom. The standard InChI is InChI=1S/C20H22ClN3O2S/c1-3-12-11-27-20-23-18(15-7-5-6-8-22-15)19(24(12)20)13-9-17(26-4-2)16(25)10-14(13)21/h5-10,12,18-19,25H,3-4,11H2,1-2H3/t12-,18-,19-/m1/s1. The Labute approximate surface area is 168 Å². The number of rotatable bonds is 5. The number of phenolic OH excluding ortho intramolecular Hbond substituents is 1. The molecule has 2 aliphatic rings. The zero-order chi connectivity index (χ0) is 19.0. The van der Waals surface area contributed by atoms with Crippen molar-refractivity contribution in [3.8, 4) is 11.5 Å². The van der Waals surface area contributed by atoms with Crippen LogP contribution in [-0.4, -0.2) is 38.6 Å². The monoisotopic (exact) mass is 403 g/mol. The van der Waals surface area contributed by atoms with Crippen molar-refractivity contribution in [1.29, 1.82) is 0 Å². The van der Waals surface area contributed by atoms with Gasteiger partial charge in [-0.15, -0.1) is 0 Å². The number of hydrogen-bond donors (Lipinski definition) is 1. The Morgan fingerprint density at radius 1 is 1.33 bits per heavy atom. The largest absolute Gasteiger partial charge is 0.504 e. The minimum absolute atomic E-state index is 0.0574. The summed E-state index contributed by atoms with van der Waals surface area (Å²) in [6.07, 6.45) is 2.83. The minimum atomic E-state index is -0.139. The number of amidine groups is 1. The zero-order valence-corrected chi connectivity index (χ0v) is 16.9. The van der Waals surface area contributed by atoms with Gasteiger partial charge in [0, 0.05) is 29.1 Å². The fourth-order valence-electron chi connectivity index (χ4n) is 3.74. The molecule has 2 aromatic rings. The Morgan fingerprint density at radius 2 is 2.19 bits per heavy atom. The summed E-state index contributed by atoms with van der Waals surface area (Å²) in [5.41, 5.74) is 1.83. The van der Waals surface area contributed by atoms with Gasteiger partial charge in [0.25, 0.3) is 0 Å². The molecule has 0 saturated carbocycles. The highest BCUT2D eigenvalue weighted by Gasteiger charge is 2.46. The normalized spacial score (nSPS) is 24.0. The Balaban J connectivity index is 1.83. The number of benzene rings is 1. The predicted molar refractivity (Wildman–Crippen MR) is 110 cm³/mol. The van der Waals surface area contributed by atoms with E-state index < -0.39 is 0 Å². The Kier molecular flexibility index (Phi) is 5.19. The molecule has 27 heavy (non-hydrogen) atoms. The van der Waals surface area contributed by atoms with Gasteiger partial charge in [-0.3, -0.25) is 9.98 Å². The lowest BCUT2D eigenvalue weighted by Crippen LogP contribution is -2.35. The van der Waals surface area contributed by atoms with E-state index in [9.17, 15) is 5.11 Å². The number of aromatic nitrogens is 1. The third-order valence-corrected chi connectivity index (χ3v) is 6.48. The smallest absolute Gasteiger partial charge is 0.161 e. The second kappa shape index (κ2) is 7.60. The maximum atomic E-state index is 10.2. The van der Waals surface area contributed by atoms with Crippen molar-refractivity contribution in [2.24, 2.45) is 4.99 Å². The molecule has 0 aliphatic carbocycles. The van der Waals surface area contributed by atoms with Gasteiger partial charge in [-0.2, -0.15) is 0 Å². The van der Waals surface area contributed by atoms with Crippen LogP contribution in [0.4, 0.5) is 0 Å². The van der Waals surface area contributed by atoms with Crippen molar-refractivity contribution in [2.75, 3.05) is 12.4 Å². The molecular formula is C20H22ClN3O2S. The number of aliphatic imine (C=N–C) groups is 1. The van der Waals surface area contributed by atoms with Crippen LogP contribution >= 0.6 is 23.4 Å². The van der Waals surface area contributed by atoms with E-state index in [1.807, 2.05) is 31.2 Å². The first kappa shape index (κ1) is 18.4. The average molecular weight is 404 g/mol. The maximum absolute atomic E-state index is 10.2. The summed E-state index contributed by atoms with van der Waals surface area (Å²) in [6.45, 7) is 4.57. The van der Waals surface area contributed by atoms with Crippen molar-refractivity contribution in [3.05, 3.63) is 52.8 Å². The van der Waals surface area contributed by atoms with Crippen LogP contribution in [-0.2, 0) is 0 Å². The summed E-state index contributed by atoms with van der Waals surface area (Å²) in [5.74, 6) is 1.53. The van der Waals surface area contributed by atoms with Crippen LogP contribution in [0.3, 0.4) is 0 Å². The van der Waals surface area contributed by atoms with Crippen LogP contribution in [0, 0.1) is 0 Å². The zero-order valence-electron chi connectivity index (χ0n) is 15.3. The first-order valence-corrected chi connectivity index (χ1v) is 10.6. The topological polar surface area (TPSA) is 58.0 Å².